The van der Waals surface area contributed by atoms with Gasteiger partial charge in [0.2, 0.25) is 0 Å². The number of hydrogen-bond donors (Lipinski definition) is 0. The third-order valence-electron chi connectivity index (χ3n) is 4.76. The first kappa shape index (κ1) is 25.4. The molecule has 0 aromatic heterocycles. The first-order chi connectivity index (χ1) is 12.6. The highest BCUT2D eigenvalue weighted by atomic mass is 16.6. The number of hydrogen-bond acceptors (Lipinski definition) is 5. The number of carbonyl (C=O) groups excluding carboxylic acids is 2. The van der Waals surface area contributed by atoms with Crippen LogP contribution >= 0.6 is 0 Å². The molecular formula is C22H38O5. The molecule has 0 rings (SSSR count). The van der Waals surface area contributed by atoms with Gasteiger partial charge in [0.1, 0.15) is 24.4 Å². The maximum atomic E-state index is 11.9. The lowest BCUT2D eigenvalue weighted by Crippen LogP contribution is -2.50. The average Bonchev–Trinajstić information content (AvgIpc) is 2.63. The number of ether oxygens (including phenoxy) is 3. The van der Waals surface area contributed by atoms with Crippen LogP contribution in [0, 0.1) is 0 Å². The summed E-state index contributed by atoms with van der Waals surface area (Å²) in [5.74, 6) is -0.836. The lowest BCUT2D eigenvalue weighted by molar-refractivity contribution is -0.211. The van der Waals surface area contributed by atoms with Crippen molar-refractivity contribution in [3.8, 4) is 0 Å². The van der Waals surface area contributed by atoms with E-state index < -0.39 is 23.1 Å². The predicted molar refractivity (Wildman–Crippen MR) is 108 cm³/mol. The molecule has 0 heterocycles. The zero-order valence-corrected chi connectivity index (χ0v) is 18.1. The molecule has 0 aromatic rings. The minimum atomic E-state index is -0.624. The zero-order valence-electron chi connectivity index (χ0n) is 18.1. The number of carbonyl (C=O) groups is 2. The van der Waals surface area contributed by atoms with E-state index in [0.717, 1.165) is 25.7 Å². The Labute approximate surface area is 165 Å². The quantitative estimate of drug-likeness (QED) is 0.307. The third-order valence-corrected chi connectivity index (χ3v) is 4.76. The first-order valence-corrected chi connectivity index (χ1v) is 9.96. The number of esters is 2. The standard InChI is InChI=1S/C22H38O5/c1-9-13-21(11-3,15-25-19(23)17(5)6)27-22(12-4,14-10-2)16-26-20(24)18(7)8/h5,7,9-16H2,1-4,6,8H3. The van der Waals surface area contributed by atoms with Crippen molar-refractivity contribution in [1.82, 2.24) is 0 Å². The molecule has 0 radical (unpaired) electrons. The fourth-order valence-corrected chi connectivity index (χ4v) is 3.02. The summed E-state index contributed by atoms with van der Waals surface area (Å²) in [4.78, 5) is 23.8. The van der Waals surface area contributed by atoms with E-state index in [0.29, 0.717) is 24.0 Å². The van der Waals surface area contributed by atoms with Gasteiger partial charge in [0.25, 0.3) is 0 Å². The monoisotopic (exact) mass is 382 g/mol. The highest BCUT2D eigenvalue weighted by molar-refractivity contribution is 5.87. The summed E-state index contributed by atoms with van der Waals surface area (Å²) in [5.41, 5.74) is -0.522. The molecule has 0 N–H and O–H groups in total. The van der Waals surface area contributed by atoms with Gasteiger partial charge in [-0.2, -0.15) is 0 Å². The molecule has 0 bridgehead atoms. The van der Waals surface area contributed by atoms with Crippen LogP contribution in [0.25, 0.3) is 0 Å². The van der Waals surface area contributed by atoms with Gasteiger partial charge in [-0.1, -0.05) is 53.7 Å². The SMILES string of the molecule is C=C(C)C(=O)OCC(CC)(CCC)OC(CC)(CCC)COC(=O)C(=C)C. The fourth-order valence-electron chi connectivity index (χ4n) is 3.02. The van der Waals surface area contributed by atoms with E-state index in [1.54, 1.807) is 13.8 Å². The van der Waals surface area contributed by atoms with Crippen molar-refractivity contribution in [3.05, 3.63) is 24.3 Å². The molecule has 156 valence electrons. The van der Waals surface area contributed by atoms with E-state index in [1.807, 2.05) is 13.8 Å². The molecule has 2 unspecified atom stereocenters. The lowest BCUT2D eigenvalue weighted by atomic mass is 9.90. The van der Waals surface area contributed by atoms with Gasteiger partial charge in [0.15, 0.2) is 0 Å². The van der Waals surface area contributed by atoms with Gasteiger partial charge in [0, 0.05) is 11.1 Å². The molecule has 0 aliphatic rings. The largest absolute Gasteiger partial charge is 0.459 e. The van der Waals surface area contributed by atoms with Crippen molar-refractivity contribution >= 4 is 11.9 Å². The van der Waals surface area contributed by atoms with Crippen LogP contribution in [0.1, 0.15) is 80.1 Å². The molecule has 5 nitrogen and oxygen atoms in total. The third kappa shape index (κ3) is 8.29. The second kappa shape index (κ2) is 12.0. The van der Waals surface area contributed by atoms with Gasteiger partial charge in [0.05, 0.1) is 0 Å². The van der Waals surface area contributed by atoms with Gasteiger partial charge in [-0.05, 0) is 39.5 Å². The summed E-state index contributed by atoms with van der Waals surface area (Å²) in [6.45, 7) is 19.0. The summed E-state index contributed by atoms with van der Waals surface area (Å²) in [6, 6.07) is 0. The Hall–Kier alpha value is -1.62. The van der Waals surface area contributed by atoms with E-state index in [-0.39, 0.29) is 13.2 Å². The van der Waals surface area contributed by atoms with Crippen LogP contribution in [0.3, 0.4) is 0 Å². The summed E-state index contributed by atoms with van der Waals surface area (Å²) in [7, 11) is 0. The summed E-state index contributed by atoms with van der Waals surface area (Å²) in [6.07, 6.45) is 4.63. The highest BCUT2D eigenvalue weighted by Crippen LogP contribution is 2.34. The van der Waals surface area contributed by atoms with Gasteiger partial charge < -0.3 is 14.2 Å². The van der Waals surface area contributed by atoms with Crippen molar-refractivity contribution in [2.45, 2.75) is 91.3 Å². The molecule has 0 saturated heterocycles. The van der Waals surface area contributed by atoms with Crippen LogP contribution in [0.2, 0.25) is 0 Å². The summed E-state index contributed by atoms with van der Waals surface area (Å²) < 4.78 is 17.6. The topological polar surface area (TPSA) is 61.8 Å². The minimum Gasteiger partial charge on any atom is -0.459 e. The molecule has 0 amide bonds. The Morgan fingerprint density at radius 1 is 0.741 bits per heavy atom. The van der Waals surface area contributed by atoms with Gasteiger partial charge in [-0.15, -0.1) is 0 Å². The zero-order chi connectivity index (χ0) is 21.1. The fraction of sp³-hybridized carbons (Fsp3) is 0.727. The van der Waals surface area contributed by atoms with Crippen LogP contribution in [0.4, 0.5) is 0 Å². The molecule has 27 heavy (non-hydrogen) atoms. The van der Waals surface area contributed by atoms with Gasteiger partial charge in [-0.25, -0.2) is 9.59 Å². The van der Waals surface area contributed by atoms with Crippen LogP contribution in [-0.2, 0) is 23.8 Å². The molecule has 5 heteroatoms. The Balaban J connectivity index is 5.55. The Kier molecular flexibility index (Phi) is 11.2. The van der Waals surface area contributed by atoms with E-state index in [4.69, 9.17) is 14.2 Å². The Morgan fingerprint density at radius 2 is 1.07 bits per heavy atom. The van der Waals surface area contributed by atoms with Crippen molar-refractivity contribution in [2.75, 3.05) is 13.2 Å². The van der Waals surface area contributed by atoms with Gasteiger partial charge in [-0.3, -0.25) is 0 Å². The second-order valence-electron chi connectivity index (χ2n) is 7.39. The van der Waals surface area contributed by atoms with Crippen LogP contribution in [0.5, 0.6) is 0 Å². The van der Waals surface area contributed by atoms with Crippen molar-refractivity contribution in [2.24, 2.45) is 0 Å². The molecule has 0 aliphatic heterocycles. The highest BCUT2D eigenvalue weighted by Gasteiger charge is 2.41. The van der Waals surface area contributed by atoms with Gasteiger partial charge >= 0.3 is 11.9 Å². The predicted octanol–water partition coefficient (Wildman–Crippen LogP) is 5.14. The van der Waals surface area contributed by atoms with Crippen molar-refractivity contribution in [1.29, 1.82) is 0 Å². The lowest BCUT2D eigenvalue weighted by Gasteiger charge is -2.43. The van der Waals surface area contributed by atoms with Crippen LogP contribution in [0.15, 0.2) is 24.3 Å². The summed E-state index contributed by atoms with van der Waals surface area (Å²) >= 11 is 0. The Bertz CT molecular complexity index is 479. The average molecular weight is 383 g/mol. The van der Waals surface area contributed by atoms with E-state index in [9.17, 15) is 9.59 Å². The molecule has 0 aromatic carbocycles. The van der Waals surface area contributed by atoms with Crippen molar-refractivity contribution in [3.63, 3.8) is 0 Å². The maximum Gasteiger partial charge on any atom is 0.333 e. The number of rotatable bonds is 14. The summed E-state index contributed by atoms with van der Waals surface area (Å²) in [5, 5.41) is 0. The molecule has 2 atom stereocenters. The second-order valence-corrected chi connectivity index (χ2v) is 7.39. The maximum absolute atomic E-state index is 11.9. The van der Waals surface area contributed by atoms with Crippen LogP contribution in [-0.4, -0.2) is 36.4 Å². The normalized spacial score (nSPS) is 15.3. The minimum absolute atomic E-state index is 0.156. The van der Waals surface area contributed by atoms with Crippen molar-refractivity contribution < 1.29 is 23.8 Å². The molecule has 0 fully saturated rings. The van der Waals surface area contributed by atoms with E-state index >= 15 is 0 Å². The molecular weight excluding hydrogens is 344 g/mol. The van der Waals surface area contributed by atoms with E-state index in [2.05, 4.69) is 27.0 Å². The molecule has 0 aliphatic carbocycles. The Morgan fingerprint density at radius 3 is 1.30 bits per heavy atom. The van der Waals surface area contributed by atoms with E-state index in [1.165, 1.54) is 0 Å². The molecule has 0 saturated carbocycles. The van der Waals surface area contributed by atoms with Crippen LogP contribution < -0.4 is 0 Å². The first-order valence-electron chi connectivity index (χ1n) is 9.96. The molecule has 0 spiro atoms. The smallest absolute Gasteiger partial charge is 0.333 e.